The highest BCUT2D eigenvalue weighted by atomic mass is 15.0. The number of allylic oxidation sites excluding steroid dienone is 1. The van der Waals surface area contributed by atoms with Gasteiger partial charge in [0.25, 0.3) is 0 Å². The van der Waals surface area contributed by atoms with Gasteiger partial charge in [-0.2, -0.15) is 0 Å². The molecule has 0 fully saturated rings. The summed E-state index contributed by atoms with van der Waals surface area (Å²) in [5.41, 5.74) is 10.4. The van der Waals surface area contributed by atoms with Gasteiger partial charge in [-0.3, -0.25) is 0 Å². The van der Waals surface area contributed by atoms with E-state index < -0.39 is 0 Å². The third-order valence-corrected chi connectivity index (χ3v) is 7.17. The van der Waals surface area contributed by atoms with E-state index in [-0.39, 0.29) is 0 Å². The summed E-state index contributed by atoms with van der Waals surface area (Å²) in [5.74, 6) is 0.466. The van der Waals surface area contributed by atoms with E-state index in [4.69, 9.17) is 0 Å². The number of fused-ring (bicyclic) bond motifs is 6. The van der Waals surface area contributed by atoms with Crippen LogP contribution in [-0.4, -0.2) is 9.55 Å². The van der Waals surface area contributed by atoms with Gasteiger partial charge in [0.1, 0.15) is 0 Å². The van der Waals surface area contributed by atoms with Gasteiger partial charge < -0.3 is 9.55 Å². The van der Waals surface area contributed by atoms with Gasteiger partial charge in [-0.05, 0) is 60.0 Å². The number of benzene rings is 4. The third kappa shape index (κ3) is 2.74. The van der Waals surface area contributed by atoms with Crippen molar-refractivity contribution in [1.82, 2.24) is 9.55 Å². The quantitative estimate of drug-likeness (QED) is 0.288. The minimum atomic E-state index is 0.466. The van der Waals surface area contributed by atoms with E-state index >= 15 is 0 Å². The van der Waals surface area contributed by atoms with Crippen molar-refractivity contribution in [2.24, 2.45) is 0 Å². The van der Waals surface area contributed by atoms with Gasteiger partial charge >= 0.3 is 0 Å². The van der Waals surface area contributed by atoms with Crippen LogP contribution in [0, 0.1) is 0 Å². The van der Waals surface area contributed by atoms with Crippen molar-refractivity contribution in [2.75, 3.05) is 0 Å². The van der Waals surface area contributed by atoms with Crippen LogP contribution in [0.25, 0.3) is 50.0 Å². The Morgan fingerprint density at radius 1 is 0.727 bits per heavy atom. The van der Waals surface area contributed by atoms with Crippen molar-refractivity contribution in [3.63, 3.8) is 0 Å². The zero-order chi connectivity index (χ0) is 21.9. The first kappa shape index (κ1) is 18.5. The Kier molecular flexibility index (Phi) is 3.92. The molecule has 1 aliphatic carbocycles. The zero-order valence-corrected chi connectivity index (χ0v) is 18.5. The molecule has 4 aromatic carbocycles. The topological polar surface area (TPSA) is 20.7 Å². The van der Waals surface area contributed by atoms with Crippen LogP contribution in [0.3, 0.4) is 0 Å². The summed E-state index contributed by atoms with van der Waals surface area (Å²) in [7, 11) is 0. The predicted molar refractivity (Wildman–Crippen MR) is 140 cm³/mol. The van der Waals surface area contributed by atoms with E-state index in [9.17, 15) is 0 Å². The summed E-state index contributed by atoms with van der Waals surface area (Å²) < 4.78 is 2.38. The van der Waals surface area contributed by atoms with E-state index in [2.05, 4.69) is 120 Å². The van der Waals surface area contributed by atoms with Gasteiger partial charge in [0.05, 0.1) is 11.0 Å². The molecular weight excluding hydrogens is 400 g/mol. The average Bonchev–Trinajstić information content (AvgIpc) is 3.40. The molecule has 1 N–H and O–H groups in total. The van der Waals surface area contributed by atoms with Crippen LogP contribution < -0.4 is 0 Å². The molecular formula is C31H24N2. The molecule has 2 heteroatoms. The van der Waals surface area contributed by atoms with Gasteiger partial charge in [0.2, 0.25) is 0 Å². The van der Waals surface area contributed by atoms with Crippen LogP contribution in [0.2, 0.25) is 0 Å². The van der Waals surface area contributed by atoms with E-state index in [1.807, 2.05) is 0 Å². The number of aromatic nitrogens is 2. The second kappa shape index (κ2) is 6.98. The van der Waals surface area contributed by atoms with Gasteiger partial charge in [0, 0.05) is 44.5 Å². The first-order valence-corrected chi connectivity index (χ1v) is 11.7. The number of nitrogens with zero attached hydrogens (tertiary/aromatic N) is 1. The Hall–Kier alpha value is -4.04. The lowest BCUT2D eigenvalue weighted by Gasteiger charge is -2.20. The maximum atomic E-state index is 3.67. The molecule has 0 bridgehead atoms. The number of H-pyrrole nitrogens is 1. The van der Waals surface area contributed by atoms with Crippen LogP contribution >= 0.6 is 0 Å². The lowest BCUT2D eigenvalue weighted by Crippen LogP contribution is -2.03. The lowest BCUT2D eigenvalue weighted by atomic mass is 9.85. The van der Waals surface area contributed by atoms with Crippen LogP contribution in [0.5, 0.6) is 0 Å². The predicted octanol–water partition coefficient (Wildman–Crippen LogP) is 8.31. The van der Waals surface area contributed by atoms with E-state index in [0.717, 1.165) is 6.42 Å². The fourth-order valence-electron chi connectivity index (χ4n) is 5.62. The first-order valence-electron chi connectivity index (χ1n) is 11.7. The van der Waals surface area contributed by atoms with E-state index in [0.29, 0.717) is 5.92 Å². The number of nitrogens with one attached hydrogen (secondary N) is 1. The fourth-order valence-corrected chi connectivity index (χ4v) is 5.62. The minimum Gasteiger partial charge on any atom is -0.358 e. The van der Waals surface area contributed by atoms with Gasteiger partial charge in [-0.25, -0.2) is 0 Å². The molecule has 0 saturated heterocycles. The third-order valence-electron chi connectivity index (χ3n) is 7.17. The Morgan fingerprint density at radius 2 is 1.45 bits per heavy atom. The molecule has 1 atom stereocenters. The van der Waals surface area contributed by atoms with Gasteiger partial charge in [-0.1, -0.05) is 67.6 Å². The molecule has 7 rings (SSSR count). The monoisotopic (exact) mass is 424 g/mol. The Bertz CT molecular complexity index is 1700. The molecule has 0 radical (unpaired) electrons. The average molecular weight is 425 g/mol. The molecule has 2 heterocycles. The number of aromatic amines is 1. The molecule has 6 aromatic rings. The number of hydrogen-bond acceptors (Lipinski definition) is 0. The van der Waals surface area contributed by atoms with Crippen molar-refractivity contribution < 1.29 is 0 Å². The second-order valence-electron chi connectivity index (χ2n) is 9.19. The lowest BCUT2D eigenvalue weighted by molar-refractivity contribution is 0.761. The Labute approximate surface area is 192 Å². The van der Waals surface area contributed by atoms with Crippen molar-refractivity contribution in [1.29, 1.82) is 0 Å². The van der Waals surface area contributed by atoms with Crippen molar-refractivity contribution in [3.8, 4) is 5.69 Å². The summed E-state index contributed by atoms with van der Waals surface area (Å²) in [4.78, 5) is 3.67. The normalized spacial score (nSPS) is 15.8. The van der Waals surface area contributed by atoms with Crippen LogP contribution in [-0.2, 0) is 0 Å². The maximum Gasteiger partial charge on any atom is 0.0541 e. The number of para-hydroxylation sites is 3. The molecule has 1 unspecified atom stereocenters. The molecule has 2 aromatic heterocycles. The largest absolute Gasteiger partial charge is 0.358 e. The standard InChI is InChI=1S/C31H24N2/c1-20-17-22(19-27-24-11-5-7-13-28(24)32-31(20)27)21-15-16-30-26(18-21)25-12-6-8-14-29(25)33(30)23-9-3-2-4-10-23/h2-16,18-20,32H,17H2,1H3. The zero-order valence-electron chi connectivity index (χ0n) is 18.5. The number of rotatable bonds is 2. The van der Waals surface area contributed by atoms with Gasteiger partial charge in [0.15, 0.2) is 0 Å². The molecule has 0 spiro atoms. The molecule has 1 aliphatic rings. The summed E-state index contributed by atoms with van der Waals surface area (Å²) in [5, 5.41) is 3.93. The van der Waals surface area contributed by atoms with Gasteiger partial charge in [-0.15, -0.1) is 0 Å². The summed E-state index contributed by atoms with van der Waals surface area (Å²) >= 11 is 0. The van der Waals surface area contributed by atoms with Crippen molar-refractivity contribution >= 4 is 44.4 Å². The second-order valence-corrected chi connectivity index (χ2v) is 9.19. The summed E-state index contributed by atoms with van der Waals surface area (Å²) in [6, 6.07) is 35.1. The SMILES string of the molecule is CC1CC(c2ccc3c(c2)c2ccccc2n3-c2ccccc2)=Cc2c1[nH]c1ccccc21. The summed E-state index contributed by atoms with van der Waals surface area (Å²) in [6.07, 6.45) is 3.45. The molecule has 158 valence electrons. The van der Waals surface area contributed by atoms with Crippen molar-refractivity contribution in [2.45, 2.75) is 19.3 Å². The van der Waals surface area contributed by atoms with Crippen molar-refractivity contribution in [3.05, 3.63) is 114 Å². The molecule has 0 saturated carbocycles. The highest BCUT2D eigenvalue weighted by Crippen LogP contribution is 2.42. The Morgan fingerprint density at radius 3 is 2.33 bits per heavy atom. The highest BCUT2D eigenvalue weighted by Gasteiger charge is 2.23. The highest BCUT2D eigenvalue weighted by molar-refractivity contribution is 6.10. The van der Waals surface area contributed by atoms with E-state index in [1.165, 1.54) is 60.8 Å². The first-order chi connectivity index (χ1) is 16.3. The maximum absolute atomic E-state index is 3.67. The molecule has 0 amide bonds. The summed E-state index contributed by atoms with van der Waals surface area (Å²) in [6.45, 7) is 2.33. The fraction of sp³-hybridized carbons (Fsp3) is 0.0968. The molecule has 2 nitrogen and oxygen atoms in total. The minimum absolute atomic E-state index is 0.466. The smallest absolute Gasteiger partial charge is 0.0541 e. The van der Waals surface area contributed by atoms with Crippen LogP contribution in [0.15, 0.2) is 97.1 Å². The Balaban J connectivity index is 1.45. The molecule has 33 heavy (non-hydrogen) atoms. The number of hydrogen-bond donors (Lipinski definition) is 1. The van der Waals surface area contributed by atoms with Crippen LogP contribution in [0.4, 0.5) is 0 Å². The van der Waals surface area contributed by atoms with Crippen LogP contribution in [0.1, 0.15) is 36.1 Å². The van der Waals surface area contributed by atoms with E-state index in [1.54, 1.807) is 0 Å². The molecule has 0 aliphatic heterocycles.